The number of thiophene rings is 1. The van der Waals surface area contributed by atoms with Crippen LogP contribution in [0.15, 0.2) is 12.1 Å². The minimum atomic E-state index is 0. The van der Waals surface area contributed by atoms with Crippen molar-refractivity contribution < 1.29 is 0 Å². The molecule has 0 bridgehead atoms. The molecule has 0 aliphatic carbocycles. The van der Waals surface area contributed by atoms with E-state index < -0.39 is 0 Å². The van der Waals surface area contributed by atoms with Crippen LogP contribution in [0.1, 0.15) is 42.5 Å². The van der Waals surface area contributed by atoms with Gasteiger partial charge in [-0.25, -0.2) is 0 Å². The zero-order valence-corrected chi connectivity index (χ0v) is 10.8. The van der Waals surface area contributed by atoms with Gasteiger partial charge in [0.25, 0.3) is 0 Å². The first kappa shape index (κ1) is 13.9. The maximum atomic E-state index is 6.07. The summed E-state index contributed by atoms with van der Waals surface area (Å²) in [4.78, 5) is 2.69. The van der Waals surface area contributed by atoms with Crippen molar-refractivity contribution in [2.45, 2.75) is 39.7 Å². The van der Waals surface area contributed by atoms with Crippen molar-refractivity contribution in [1.82, 2.24) is 0 Å². The van der Waals surface area contributed by atoms with E-state index in [9.17, 15) is 0 Å². The van der Waals surface area contributed by atoms with Crippen LogP contribution in [0.25, 0.3) is 0 Å². The molecule has 0 saturated carbocycles. The molecule has 1 atom stereocenters. The van der Waals surface area contributed by atoms with Crippen molar-refractivity contribution in [2.24, 2.45) is 11.7 Å². The largest absolute Gasteiger partial charge is 0.323 e. The van der Waals surface area contributed by atoms with Gasteiger partial charge in [-0.1, -0.05) is 13.8 Å². The lowest BCUT2D eigenvalue weighted by Crippen LogP contribution is -2.09. The van der Waals surface area contributed by atoms with Gasteiger partial charge >= 0.3 is 0 Å². The van der Waals surface area contributed by atoms with Gasteiger partial charge in [0, 0.05) is 15.8 Å². The maximum Gasteiger partial charge on any atom is 0.0389 e. The summed E-state index contributed by atoms with van der Waals surface area (Å²) in [5.41, 5.74) is 6.07. The third-order valence-electron chi connectivity index (χ3n) is 2.18. The van der Waals surface area contributed by atoms with Gasteiger partial charge in [-0.3, -0.25) is 0 Å². The quantitative estimate of drug-likeness (QED) is 0.839. The minimum absolute atomic E-state index is 0. The Balaban J connectivity index is 0.00000169. The lowest BCUT2D eigenvalue weighted by Gasteiger charge is -2.10. The second-order valence-electron chi connectivity index (χ2n) is 4.03. The van der Waals surface area contributed by atoms with Crippen LogP contribution in [0, 0.1) is 12.8 Å². The van der Waals surface area contributed by atoms with Gasteiger partial charge in [0.05, 0.1) is 0 Å². The molecule has 3 heteroatoms. The summed E-state index contributed by atoms with van der Waals surface area (Å²) in [5.74, 6) is 0.757. The van der Waals surface area contributed by atoms with Gasteiger partial charge in [-0.2, -0.15) is 0 Å². The molecule has 0 radical (unpaired) electrons. The Morgan fingerprint density at radius 2 is 1.93 bits per heavy atom. The molecule has 1 rings (SSSR count). The molecule has 0 saturated heterocycles. The van der Waals surface area contributed by atoms with E-state index in [-0.39, 0.29) is 18.4 Å². The molecule has 0 aliphatic rings. The molecule has 1 aromatic heterocycles. The van der Waals surface area contributed by atoms with Crippen LogP contribution in [0.5, 0.6) is 0 Å². The Bertz CT molecular complexity index is 258. The Hall–Kier alpha value is -0.0500. The molecule has 14 heavy (non-hydrogen) atoms. The zero-order chi connectivity index (χ0) is 9.84. The SMILES string of the molecule is Cc1ccc([C@H](N)CCC(C)C)s1.Cl. The van der Waals surface area contributed by atoms with E-state index in [1.165, 1.54) is 16.2 Å². The number of halogens is 1. The van der Waals surface area contributed by atoms with E-state index in [4.69, 9.17) is 5.73 Å². The normalized spacial score (nSPS) is 12.6. The second-order valence-corrected chi connectivity index (χ2v) is 5.35. The average Bonchev–Trinajstić information content (AvgIpc) is 2.47. The van der Waals surface area contributed by atoms with Crippen molar-refractivity contribution in [3.05, 3.63) is 21.9 Å². The van der Waals surface area contributed by atoms with Crippen LogP contribution < -0.4 is 5.73 Å². The van der Waals surface area contributed by atoms with Gasteiger partial charge in [-0.15, -0.1) is 23.7 Å². The highest BCUT2D eigenvalue weighted by molar-refractivity contribution is 7.12. The molecule has 0 amide bonds. The van der Waals surface area contributed by atoms with Crippen molar-refractivity contribution >= 4 is 23.7 Å². The molecule has 0 fully saturated rings. The number of aryl methyl sites for hydroxylation is 1. The first-order valence-electron chi connectivity index (χ1n) is 4.91. The molecule has 1 heterocycles. The van der Waals surface area contributed by atoms with Gasteiger partial charge in [0.15, 0.2) is 0 Å². The molecule has 0 spiro atoms. The van der Waals surface area contributed by atoms with Crippen LogP contribution in [-0.2, 0) is 0 Å². The van der Waals surface area contributed by atoms with Crippen LogP contribution in [0.4, 0.5) is 0 Å². The smallest absolute Gasteiger partial charge is 0.0389 e. The fourth-order valence-corrected chi connectivity index (χ4v) is 2.22. The van der Waals surface area contributed by atoms with Crippen molar-refractivity contribution in [3.8, 4) is 0 Å². The second kappa shape index (κ2) is 6.44. The fourth-order valence-electron chi connectivity index (χ4n) is 1.31. The topological polar surface area (TPSA) is 26.0 Å². The summed E-state index contributed by atoms with van der Waals surface area (Å²) >= 11 is 1.82. The first-order valence-corrected chi connectivity index (χ1v) is 5.73. The Labute approximate surface area is 97.1 Å². The third kappa shape index (κ3) is 4.45. The van der Waals surface area contributed by atoms with Gasteiger partial charge in [-0.05, 0) is 37.8 Å². The summed E-state index contributed by atoms with van der Waals surface area (Å²) in [6.45, 7) is 6.61. The summed E-state index contributed by atoms with van der Waals surface area (Å²) in [5, 5.41) is 0. The van der Waals surface area contributed by atoms with E-state index in [2.05, 4.69) is 32.9 Å². The van der Waals surface area contributed by atoms with E-state index in [0.717, 1.165) is 12.3 Å². The molecule has 0 unspecified atom stereocenters. The van der Waals surface area contributed by atoms with Crippen molar-refractivity contribution in [2.75, 3.05) is 0 Å². The Morgan fingerprint density at radius 1 is 1.29 bits per heavy atom. The van der Waals surface area contributed by atoms with E-state index in [0.29, 0.717) is 0 Å². The van der Waals surface area contributed by atoms with Gasteiger partial charge in [0.2, 0.25) is 0 Å². The highest BCUT2D eigenvalue weighted by atomic mass is 35.5. The first-order chi connectivity index (χ1) is 6.09. The van der Waals surface area contributed by atoms with E-state index >= 15 is 0 Å². The molecule has 1 nitrogen and oxygen atoms in total. The molecular formula is C11H20ClNS. The van der Waals surface area contributed by atoms with Crippen molar-refractivity contribution in [3.63, 3.8) is 0 Å². The monoisotopic (exact) mass is 233 g/mol. The zero-order valence-electron chi connectivity index (χ0n) is 9.12. The molecular weight excluding hydrogens is 214 g/mol. The average molecular weight is 234 g/mol. The maximum absolute atomic E-state index is 6.07. The minimum Gasteiger partial charge on any atom is -0.323 e. The Morgan fingerprint density at radius 3 is 2.36 bits per heavy atom. The number of hydrogen-bond acceptors (Lipinski definition) is 2. The third-order valence-corrected chi connectivity index (χ3v) is 3.31. The summed E-state index contributed by atoms with van der Waals surface area (Å²) in [6, 6.07) is 4.56. The van der Waals surface area contributed by atoms with E-state index in [1.807, 2.05) is 11.3 Å². The number of nitrogens with two attached hydrogens (primary N) is 1. The molecule has 0 aliphatic heterocycles. The highest BCUT2D eigenvalue weighted by Gasteiger charge is 2.08. The highest BCUT2D eigenvalue weighted by Crippen LogP contribution is 2.25. The number of rotatable bonds is 4. The van der Waals surface area contributed by atoms with Crippen LogP contribution in [0.3, 0.4) is 0 Å². The van der Waals surface area contributed by atoms with Crippen LogP contribution in [-0.4, -0.2) is 0 Å². The summed E-state index contributed by atoms with van der Waals surface area (Å²) in [7, 11) is 0. The fraction of sp³-hybridized carbons (Fsp3) is 0.636. The number of hydrogen-bond donors (Lipinski definition) is 1. The van der Waals surface area contributed by atoms with Crippen molar-refractivity contribution in [1.29, 1.82) is 0 Å². The lowest BCUT2D eigenvalue weighted by molar-refractivity contribution is 0.510. The van der Waals surface area contributed by atoms with Crippen LogP contribution in [0.2, 0.25) is 0 Å². The molecule has 1 aromatic rings. The molecule has 82 valence electrons. The standard InChI is InChI=1S/C11H19NS.ClH/c1-8(2)4-6-10(12)11-7-5-9(3)13-11;/h5,7-8,10H,4,6,12H2,1-3H3;1H/t10-;/m1./s1. The predicted octanol–water partition coefficient (Wildman–Crippen LogP) is 3.91. The van der Waals surface area contributed by atoms with E-state index in [1.54, 1.807) is 0 Å². The molecule has 0 aromatic carbocycles. The lowest BCUT2D eigenvalue weighted by atomic mass is 10.0. The van der Waals surface area contributed by atoms with Crippen LogP contribution >= 0.6 is 23.7 Å². The summed E-state index contributed by atoms with van der Waals surface area (Å²) in [6.07, 6.45) is 2.33. The van der Waals surface area contributed by atoms with Gasteiger partial charge < -0.3 is 5.73 Å². The Kier molecular flexibility index (Phi) is 6.41. The van der Waals surface area contributed by atoms with Gasteiger partial charge in [0.1, 0.15) is 0 Å². The summed E-state index contributed by atoms with van der Waals surface area (Å²) < 4.78 is 0. The molecule has 2 N–H and O–H groups in total. The predicted molar refractivity (Wildman–Crippen MR) is 67.3 cm³/mol.